The summed E-state index contributed by atoms with van der Waals surface area (Å²) in [6, 6.07) is 38.4. The summed E-state index contributed by atoms with van der Waals surface area (Å²) >= 11 is 0. The van der Waals surface area contributed by atoms with Crippen LogP contribution in [0, 0.1) is 27.7 Å². The molecule has 0 heteroatoms. The number of hydrogen-bond acceptors (Lipinski definition) is 0. The fourth-order valence-corrected chi connectivity index (χ4v) is 9.65. The summed E-state index contributed by atoms with van der Waals surface area (Å²) in [6.07, 6.45) is 26.2. The van der Waals surface area contributed by atoms with Crippen LogP contribution in [0.5, 0.6) is 0 Å². The third-order valence-corrected chi connectivity index (χ3v) is 13.3. The summed E-state index contributed by atoms with van der Waals surface area (Å²) in [6.45, 7) is 18.2. The van der Waals surface area contributed by atoms with Gasteiger partial charge in [-0.15, -0.1) is 0 Å². The molecule has 0 heterocycles. The molecule has 0 radical (unpaired) electrons. The van der Waals surface area contributed by atoms with E-state index in [2.05, 4.69) is 152 Å². The number of aryl methyl sites for hydroxylation is 8. The Morgan fingerprint density at radius 1 is 0.339 bits per heavy atom. The summed E-state index contributed by atoms with van der Waals surface area (Å²) in [5.74, 6) is 0. The van der Waals surface area contributed by atoms with E-state index >= 15 is 0 Å². The van der Waals surface area contributed by atoms with Gasteiger partial charge in [-0.2, -0.15) is 0 Å². The zero-order chi connectivity index (χ0) is 42.0. The van der Waals surface area contributed by atoms with Crippen LogP contribution in [0.15, 0.2) is 97.1 Å². The highest BCUT2D eigenvalue weighted by atomic mass is 14.5. The van der Waals surface area contributed by atoms with E-state index < -0.39 is 0 Å². The van der Waals surface area contributed by atoms with Gasteiger partial charge in [0.1, 0.15) is 0 Å². The third-order valence-electron chi connectivity index (χ3n) is 13.3. The Morgan fingerprint density at radius 3 is 1.02 bits per heavy atom. The number of fused-ring (bicyclic) bond motifs is 3. The monoisotopic (exact) mass is 789 g/mol. The Bertz CT molecular complexity index is 1840. The SMILES string of the molecule is CCCCCCc1cc(C)c(CCCCCC)cc1C.CCCCCCc1ccc(C2(c3ccc(CCCCCC)cc3)c3cc(C)ccc3-c3ccc(C)cc32)cc1. The molecule has 5 aromatic carbocycles. The van der Waals surface area contributed by atoms with Gasteiger partial charge in [0.15, 0.2) is 0 Å². The quantitative estimate of drug-likeness (QED) is 0.0601. The van der Waals surface area contributed by atoms with Crippen LogP contribution >= 0.6 is 0 Å². The van der Waals surface area contributed by atoms with Gasteiger partial charge < -0.3 is 0 Å². The maximum atomic E-state index is 2.45. The molecule has 0 unspecified atom stereocenters. The van der Waals surface area contributed by atoms with Gasteiger partial charge >= 0.3 is 0 Å². The van der Waals surface area contributed by atoms with Crippen molar-refractivity contribution in [2.75, 3.05) is 0 Å². The van der Waals surface area contributed by atoms with E-state index in [9.17, 15) is 0 Å². The van der Waals surface area contributed by atoms with Crippen molar-refractivity contribution in [3.05, 3.63) is 164 Å². The summed E-state index contributed by atoms with van der Waals surface area (Å²) in [5, 5.41) is 0. The fourth-order valence-electron chi connectivity index (χ4n) is 9.65. The van der Waals surface area contributed by atoms with Crippen LogP contribution in [0.4, 0.5) is 0 Å². The lowest BCUT2D eigenvalue weighted by Gasteiger charge is -2.34. The normalized spacial score (nSPS) is 12.5. The molecule has 0 fully saturated rings. The Balaban J connectivity index is 0.000000280. The Hall–Kier alpha value is -3.90. The van der Waals surface area contributed by atoms with Gasteiger partial charge in [-0.05, 0) is 146 Å². The average Bonchev–Trinajstić information content (AvgIpc) is 3.52. The molecule has 0 N–H and O–H groups in total. The van der Waals surface area contributed by atoms with Crippen molar-refractivity contribution in [2.24, 2.45) is 0 Å². The zero-order valence-corrected chi connectivity index (χ0v) is 38.9. The van der Waals surface area contributed by atoms with E-state index in [-0.39, 0.29) is 5.41 Å². The van der Waals surface area contributed by atoms with E-state index in [0.29, 0.717) is 0 Å². The molecule has 0 bridgehead atoms. The lowest BCUT2D eigenvalue weighted by molar-refractivity contribution is 0.661. The minimum atomic E-state index is -0.301. The van der Waals surface area contributed by atoms with Crippen LogP contribution in [0.1, 0.15) is 197 Å². The second kappa shape index (κ2) is 23.8. The molecule has 0 spiro atoms. The van der Waals surface area contributed by atoms with Crippen molar-refractivity contribution in [2.45, 2.75) is 189 Å². The highest BCUT2D eigenvalue weighted by molar-refractivity contribution is 5.86. The van der Waals surface area contributed by atoms with Crippen LogP contribution < -0.4 is 0 Å². The first kappa shape index (κ1) is 46.2. The predicted octanol–water partition coefficient (Wildman–Crippen LogP) is 17.5. The number of rotatable bonds is 22. The Kier molecular flexibility index (Phi) is 18.6. The molecule has 0 atom stereocenters. The smallest absolute Gasteiger partial charge is 0.0654 e. The van der Waals surface area contributed by atoms with Gasteiger partial charge in [0.05, 0.1) is 5.41 Å². The van der Waals surface area contributed by atoms with Crippen LogP contribution in [0.2, 0.25) is 0 Å². The average molecular weight is 789 g/mol. The lowest BCUT2D eigenvalue weighted by atomic mass is 9.67. The number of benzene rings is 5. The molecular weight excluding hydrogens is 709 g/mol. The van der Waals surface area contributed by atoms with Crippen LogP contribution in [0.25, 0.3) is 11.1 Å². The van der Waals surface area contributed by atoms with Crippen LogP contribution in [-0.4, -0.2) is 0 Å². The second-order valence-corrected chi connectivity index (χ2v) is 18.2. The maximum Gasteiger partial charge on any atom is 0.0713 e. The van der Waals surface area contributed by atoms with Gasteiger partial charge in [0.2, 0.25) is 0 Å². The largest absolute Gasteiger partial charge is 0.0713 e. The third kappa shape index (κ3) is 12.1. The van der Waals surface area contributed by atoms with Gasteiger partial charge in [-0.3, -0.25) is 0 Å². The van der Waals surface area contributed by atoms with E-state index in [1.54, 1.807) is 11.1 Å². The molecule has 1 aliphatic rings. The molecule has 0 saturated heterocycles. The molecule has 0 nitrogen and oxygen atoms in total. The van der Waals surface area contributed by atoms with Gasteiger partial charge in [-0.1, -0.05) is 213 Å². The van der Waals surface area contributed by atoms with Crippen molar-refractivity contribution in [1.82, 2.24) is 0 Å². The molecule has 0 aliphatic heterocycles. The van der Waals surface area contributed by atoms with Crippen molar-refractivity contribution in [1.29, 1.82) is 0 Å². The minimum Gasteiger partial charge on any atom is -0.0654 e. The second-order valence-electron chi connectivity index (χ2n) is 18.2. The fraction of sp³-hybridized carbons (Fsp3) is 0.492. The van der Waals surface area contributed by atoms with Crippen LogP contribution in [0.3, 0.4) is 0 Å². The highest BCUT2D eigenvalue weighted by Crippen LogP contribution is 2.56. The molecule has 1 aliphatic carbocycles. The topological polar surface area (TPSA) is 0 Å². The van der Waals surface area contributed by atoms with E-state index in [4.69, 9.17) is 0 Å². The van der Waals surface area contributed by atoms with E-state index in [1.807, 2.05) is 0 Å². The molecule has 0 amide bonds. The van der Waals surface area contributed by atoms with Gasteiger partial charge in [0, 0.05) is 0 Å². The van der Waals surface area contributed by atoms with Gasteiger partial charge in [0.25, 0.3) is 0 Å². The first-order valence-corrected chi connectivity index (χ1v) is 24.3. The standard InChI is InChI=1S/C39H46.C20H34/c1-5-7-9-11-13-31-17-21-33(22-18-31)39(34-23-19-32(20-24-34)14-12-10-8-6-2)37-27-29(3)15-25-35(37)36-26-16-30(4)28-38(36)39;1-5-7-9-11-13-19-15-18(4)20(16-17(19)3)14-12-10-8-6-2/h15-28H,5-14H2,1-4H3;15-16H,5-14H2,1-4H3. The summed E-state index contributed by atoms with van der Waals surface area (Å²) in [5.41, 5.74) is 19.8. The Labute approximate surface area is 362 Å². The summed E-state index contributed by atoms with van der Waals surface area (Å²) in [7, 11) is 0. The van der Waals surface area contributed by atoms with Crippen LogP contribution in [-0.2, 0) is 31.1 Å². The van der Waals surface area contributed by atoms with Crippen molar-refractivity contribution in [3.8, 4) is 11.1 Å². The molecule has 0 saturated carbocycles. The lowest BCUT2D eigenvalue weighted by Crippen LogP contribution is -2.29. The molecule has 6 rings (SSSR count). The maximum absolute atomic E-state index is 2.45. The van der Waals surface area contributed by atoms with Crippen molar-refractivity contribution in [3.63, 3.8) is 0 Å². The van der Waals surface area contributed by atoms with Crippen molar-refractivity contribution >= 4 is 0 Å². The first-order chi connectivity index (χ1) is 28.8. The molecule has 59 heavy (non-hydrogen) atoms. The van der Waals surface area contributed by atoms with Gasteiger partial charge in [-0.25, -0.2) is 0 Å². The number of hydrogen-bond donors (Lipinski definition) is 0. The minimum absolute atomic E-state index is 0.301. The Morgan fingerprint density at radius 2 is 0.678 bits per heavy atom. The summed E-state index contributed by atoms with van der Waals surface area (Å²) in [4.78, 5) is 0. The molecule has 316 valence electrons. The molecule has 5 aromatic rings. The zero-order valence-electron chi connectivity index (χ0n) is 38.9. The van der Waals surface area contributed by atoms with E-state index in [1.165, 1.54) is 195 Å². The summed E-state index contributed by atoms with van der Waals surface area (Å²) < 4.78 is 0. The number of unbranched alkanes of at least 4 members (excludes halogenated alkanes) is 12. The molecular formula is C59H80. The van der Waals surface area contributed by atoms with Crippen molar-refractivity contribution < 1.29 is 0 Å². The highest BCUT2D eigenvalue weighted by Gasteiger charge is 2.46. The predicted molar refractivity (Wildman–Crippen MR) is 261 cm³/mol. The van der Waals surface area contributed by atoms with E-state index in [0.717, 1.165) is 0 Å². The first-order valence-electron chi connectivity index (χ1n) is 24.3. The molecule has 0 aromatic heterocycles.